The average molecular weight is 391 g/mol. The SMILES string of the molecule is C=C(CCC(=O)O)[C@H]1CC[C@H]2[C@@H]3[C@H](O)C[C@@H]4C[C@H](O)CC[C@]4(C)[C@H]3CC[C@]12C. The van der Waals surface area contributed by atoms with Gasteiger partial charge in [0.2, 0.25) is 0 Å². The highest BCUT2D eigenvalue weighted by molar-refractivity contribution is 5.67. The minimum absolute atomic E-state index is 0.148. The lowest BCUT2D eigenvalue weighted by Crippen LogP contribution is -2.58. The van der Waals surface area contributed by atoms with Crippen molar-refractivity contribution in [1.82, 2.24) is 0 Å². The fourth-order valence-corrected chi connectivity index (χ4v) is 8.31. The first-order chi connectivity index (χ1) is 13.2. The number of aliphatic hydroxyl groups excluding tert-OH is 2. The zero-order chi connectivity index (χ0) is 20.3. The Bertz CT molecular complexity index is 645. The lowest BCUT2D eigenvalue weighted by Gasteiger charge is -2.62. The minimum Gasteiger partial charge on any atom is -0.481 e. The molecule has 158 valence electrons. The van der Waals surface area contributed by atoms with Gasteiger partial charge < -0.3 is 15.3 Å². The van der Waals surface area contributed by atoms with Gasteiger partial charge in [0, 0.05) is 6.42 Å². The van der Waals surface area contributed by atoms with Crippen molar-refractivity contribution in [2.24, 2.45) is 40.4 Å². The van der Waals surface area contributed by atoms with Crippen LogP contribution in [-0.4, -0.2) is 33.5 Å². The number of rotatable bonds is 4. The van der Waals surface area contributed by atoms with Crippen LogP contribution in [0.2, 0.25) is 0 Å². The Kier molecular flexibility index (Phi) is 5.19. The second kappa shape index (κ2) is 7.12. The molecule has 28 heavy (non-hydrogen) atoms. The summed E-state index contributed by atoms with van der Waals surface area (Å²) < 4.78 is 0. The predicted molar refractivity (Wildman–Crippen MR) is 109 cm³/mol. The Morgan fingerprint density at radius 2 is 1.64 bits per heavy atom. The molecule has 4 fully saturated rings. The molecule has 0 aromatic rings. The van der Waals surface area contributed by atoms with Crippen LogP contribution in [-0.2, 0) is 4.79 Å². The smallest absolute Gasteiger partial charge is 0.303 e. The van der Waals surface area contributed by atoms with E-state index in [1.807, 2.05) is 0 Å². The van der Waals surface area contributed by atoms with Crippen molar-refractivity contribution in [2.75, 3.05) is 0 Å². The van der Waals surface area contributed by atoms with Crippen molar-refractivity contribution in [1.29, 1.82) is 0 Å². The molecule has 9 atom stereocenters. The molecule has 0 aliphatic heterocycles. The summed E-state index contributed by atoms with van der Waals surface area (Å²) in [5, 5.41) is 30.5. The number of fused-ring (bicyclic) bond motifs is 5. The van der Waals surface area contributed by atoms with Gasteiger partial charge in [-0.05, 0) is 98.2 Å². The minimum atomic E-state index is -0.745. The van der Waals surface area contributed by atoms with E-state index in [2.05, 4.69) is 20.4 Å². The number of aliphatic hydroxyl groups is 2. The second-order valence-electron chi connectivity index (χ2n) is 11.0. The standard InChI is InChI=1S/C24H38O4/c1-14(4-7-21(27)28)17-5-6-18-22-19(9-11-24(17,18)3)23(2)10-8-16(25)12-15(23)13-20(22)26/h15-20,22,25-26H,1,4-13H2,2-3H3,(H,27,28)/t15-,16+,17+,18-,19-,20+,22-,23-,24+/m0/s1. The zero-order valence-electron chi connectivity index (χ0n) is 17.6. The van der Waals surface area contributed by atoms with Gasteiger partial charge in [0.25, 0.3) is 0 Å². The average Bonchev–Trinajstić information content (AvgIpc) is 2.98. The molecule has 4 saturated carbocycles. The topological polar surface area (TPSA) is 77.8 Å². The van der Waals surface area contributed by atoms with Crippen LogP contribution >= 0.6 is 0 Å². The summed E-state index contributed by atoms with van der Waals surface area (Å²) in [6.07, 6.45) is 8.53. The van der Waals surface area contributed by atoms with Crippen molar-refractivity contribution in [3.8, 4) is 0 Å². The Labute approximate surface area is 169 Å². The van der Waals surface area contributed by atoms with E-state index >= 15 is 0 Å². The first kappa shape index (κ1) is 20.4. The first-order valence-electron chi connectivity index (χ1n) is 11.4. The number of aliphatic carboxylic acids is 1. The molecule has 0 saturated heterocycles. The zero-order valence-corrected chi connectivity index (χ0v) is 17.6. The molecular formula is C24H38O4. The van der Waals surface area contributed by atoms with Gasteiger partial charge in [0.15, 0.2) is 0 Å². The summed E-state index contributed by atoms with van der Waals surface area (Å²) in [6, 6.07) is 0. The van der Waals surface area contributed by atoms with Crippen LogP contribution in [0.3, 0.4) is 0 Å². The van der Waals surface area contributed by atoms with Crippen LogP contribution in [0.1, 0.15) is 78.1 Å². The molecule has 3 N–H and O–H groups in total. The maximum Gasteiger partial charge on any atom is 0.303 e. The van der Waals surface area contributed by atoms with Gasteiger partial charge in [-0.15, -0.1) is 0 Å². The van der Waals surface area contributed by atoms with Crippen LogP contribution in [0.15, 0.2) is 12.2 Å². The number of hydrogen-bond donors (Lipinski definition) is 3. The normalized spacial score (nSPS) is 50.4. The van der Waals surface area contributed by atoms with E-state index in [-0.39, 0.29) is 29.5 Å². The number of hydrogen-bond acceptors (Lipinski definition) is 3. The Balaban J connectivity index is 1.56. The fourth-order valence-electron chi connectivity index (χ4n) is 8.31. The van der Waals surface area contributed by atoms with Crippen molar-refractivity contribution in [3.63, 3.8) is 0 Å². The van der Waals surface area contributed by atoms with Crippen LogP contribution in [0.4, 0.5) is 0 Å². The van der Waals surface area contributed by atoms with E-state index in [0.717, 1.165) is 56.9 Å². The Morgan fingerprint density at radius 3 is 2.36 bits per heavy atom. The third-order valence-electron chi connectivity index (χ3n) is 9.81. The predicted octanol–water partition coefficient (Wildman–Crippen LogP) is 4.40. The summed E-state index contributed by atoms with van der Waals surface area (Å²) in [5.74, 6) is 1.51. The van der Waals surface area contributed by atoms with E-state index in [0.29, 0.717) is 36.0 Å². The molecule has 4 aliphatic rings. The summed E-state index contributed by atoms with van der Waals surface area (Å²) >= 11 is 0. The van der Waals surface area contributed by atoms with E-state index in [9.17, 15) is 15.0 Å². The highest BCUT2D eigenvalue weighted by Crippen LogP contribution is 2.68. The molecule has 0 aromatic heterocycles. The lowest BCUT2D eigenvalue weighted by atomic mass is 9.44. The molecule has 0 aromatic carbocycles. The molecule has 4 aliphatic carbocycles. The van der Waals surface area contributed by atoms with E-state index in [4.69, 9.17) is 5.11 Å². The monoisotopic (exact) mass is 390 g/mol. The molecule has 0 amide bonds. The van der Waals surface area contributed by atoms with Gasteiger partial charge in [-0.25, -0.2) is 0 Å². The van der Waals surface area contributed by atoms with Crippen LogP contribution in [0, 0.1) is 40.4 Å². The van der Waals surface area contributed by atoms with Crippen LogP contribution in [0.5, 0.6) is 0 Å². The Hall–Kier alpha value is -0.870. The third-order valence-corrected chi connectivity index (χ3v) is 9.81. The number of carboxylic acids is 1. The summed E-state index contributed by atoms with van der Waals surface area (Å²) in [6.45, 7) is 9.13. The van der Waals surface area contributed by atoms with Gasteiger partial charge in [-0.1, -0.05) is 26.0 Å². The number of carbonyl (C=O) groups is 1. The maximum absolute atomic E-state index is 11.2. The van der Waals surface area contributed by atoms with Gasteiger partial charge in [0.1, 0.15) is 0 Å². The second-order valence-corrected chi connectivity index (χ2v) is 11.0. The van der Waals surface area contributed by atoms with Gasteiger partial charge >= 0.3 is 5.97 Å². The van der Waals surface area contributed by atoms with Crippen LogP contribution < -0.4 is 0 Å². The largest absolute Gasteiger partial charge is 0.481 e. The van der Waals surface area contributed by atoms with Crippen molar-refractivity contribution in [3.05, 3.63) is 12.2 Å². The van der Waals surface area contributed by atoms with Crippen LogP contribution in [0.25, 0.3) is 0 Å². The molecule has 0 spiro atoms. The van der Waals surface area contributed by atoms with Crippen molar-refractivity contribution >= 4 is 5.97 Å². The quantitative estimate of drug-likeness (QED) is 0.622. The fraction of sp³-hybridized carbons (Fsp3) is 0.875. The first-order valence-corrected chi connectivity index (χ1v) is 11.4. The number of carboxylic acid groups (broad SMARTS) is 1. The van der Waals surface area contributed by atoms with Gasteiger partial charge in [-0.2, -0.15) is 0 Å². The van der Waals surface area contributed by atoms with Crippen molar-refractivity contribution in [2.45, 2.75) is 90.3 Å². The van der Waals surface area contributed by atoms with Crippen molar-refractivity contribution < 1.29 is 20.1 Å². The molecule has 0 radical (unpaired) electrons. The van der Waals surface area contributed by atoms with E-state index < -0.39 is 5.97 Å². The third kappa shape index (κ3) is 3.06. The van der Waals surface area contributed by atoms with E-state index in [1.54, 1.807) is 0 Å². The Morgan fingerprint density at radius 1 is 0.964 bits per heavy atom. The van der Waals surface area contributed by atoms with E-state index in [1.165, 1.54) is 0 Å². The molecule has 0 unspecified atom stereocenters. The molecule has 0 bridgehead atoms. The summed E-state index contributed by atoms with van der Waals surface area (Å²) in [5.41, 5.74) is 1.51. The molecule has 4 nitrogen and oxygen atoms in total. The number of allylic oxidation sites excluding steroid dienone is 1. The highest BCUT2D eigenvalue weighted by Gasteiger charge is 2.62. The highest BCUT2D eigenvalue weighted by atomic mass is 16.4. The van der Waals surface area contributed by atoms with Gasteiger partial charge in [-0.3, -0.25) is 4.79 Å². The molecule has 0 heterocycles. The summed E-state index contributed by atoms with van der Waals surface area (Å²) in [4.78, 5) is 11.0. The molecule has 4 rings (SSSR count). The lowest BCUT2D eigenvalue weighted by molar-refractivity contribution is -0.171. The van der Waals surface area contributed by atoms with Gasteiger partial charge in [0.05, 0.1) is 12.2 Å². The maximum atomic E-state index is 11.2. The molecule has 4 heteroatoms. The molecular weight excluding hydrogens is 352 g/mol. The summed E-state index contributed by atoms with van der Waals surface area (Å²) in [7, 11) is 0.